The largest absolute Gasteiger partial charge is 0.422 e. The Morgan fingerprint density at radius 2 is 0.929 bits per heavy atom. The van der Waals surface area contributed by atoms with Crippen LogP contribution in [0.3, 0.4) is 0 Å². The third kappa shape index (κ3) is 2.15. The Morgan fingerprint density at radius 3 is 0.929 bits per heavy atom. The molecule has 0 fully saturated rings. The molecule has 0 aromatic carbocycles. The third-order valence-electron chi connectivity index (χ3n) is 1.20. The first-order valence-corrected chi connectivity index (χ1v) is 3.81. The van der Waals surface area contributed by atoms with Crippen LogP contribution in [0.4, 0.5) is 26.3 Å². The van der Waals surface area contributed by atoms with E-state index in [1.165, 1.54) is 0 Å². The van der Waals surface area contributed by atoms with E-state index in [2.05, 4.69) is 34.8 Å². The van der Waals surface area contributed by atoms with Crippen LogP contribution in [0, 0.1) is 0 Å². The Morgan fingerprint density at radius 1 is 0.714 bits per heavy atom. The second-order valence-corrected chi connectivity index (χ2v) is 4.05. The summed E-state index contributed by atoms with van der Waals surface area (Å²) in [5.41, 5.74) is 0. The highest BCUT2D eigenvalue weighted by molar-refractivity contribution is 6.52. The fourth-order valence-corrected chi connectivity index (χ4v) is 0.930. The Bertz CT molecular complexity index is 179. The Balaban J connectivity index is 5.54. The smallest absolute Gasteiger partial charge is 0.361 e. The van der Waals surface area contributed by atoms with Crippen molar-refractivity contribution in [1.82, 2.24) is 0 Å². The summed E-state index contributed by atoms with van der Waals surface area (Å²) in [6.45, 7) is 0. The number of aliphatic hydroxyl groups is 1. The highest BCUT2D eigenvalue weighted by atomic mass is 35.5. The van der Waals surface area contributed by atoms with Crippen molar-refractivity contribution in [2.45, 2.75) is 21.7 Å². The van der Waals surface area contributed by atoms with E-state index in [9.17, 15) is 26.3 Å². The van der Waals surface area contributed by atoms with Crippen LogP contribution in [0.15, 0.2) is 0 Å². The van der Waals surface area contributed by atoms with Crippen molar-refractivity contribution in [2.75, 3.05) is 0 Å². The van der Waals surface area contributed by atoms with Gasteiger partial charge in [0.1, 0.15) is 0 Å². The molecule has 0 aromatic heterocycles. The molecule has 0 amide bonds. The fourth-order valence-electron chi connectivity index (χ4n) is 0.502. The summed E-state index contributed by atoms with van der Waals surface area (Å²) in [5.74, 6) is 0. The zero-order chi connectivity index (χ0) is 12.0. The van der Waals surface area contributed by atoms with Crippen molar-refractivity contribution in [3.05, 3.63) is 0 Å². The first-order chi connectivity index (χ1) is 5.75. The molecule has 0 aliphatic rings. The minimum Gasteiger partial charge on any atom is -0.361 e. The molecule has 1 nitrogen and oxygen atoms in total. The number of hydrogen-bond donors (Lipinski definition) is 1. The lowest BCUT2D eigenvalue weighted by Crippen LogP contribution is -2.62. The number of hydrogen-bond acceptors (Lipinski definition) is 1. The maximum atomic E-state index is 11.9. The van der Waals surface area contributed by atoms with Crippen molar-refractivity contribution in [3.8, 4) is 0 Å². The summed E-state index contributed by atoms with van der Waals surface area (Å²) < 4.78 is 67.3. The van der Waals surface area contributed by atoms with Crippen LogP contribution in [0.2, 0.25) is 0 Å². The first-order valence-electron chi connectivity index (χ1n) is 2.67. The van der Waals surface area contributed by atoms with Crippen LogP contribution < -0.4 is 0 Å². The summed E-state index contributed by atoms with van der Waals surface area (Å²) in [5, 5.41) is 8.37. The average Bonchev–Trinajstić information content (AvgIpc) is 1.77. The summed E-state index contributed by atoms with van der Waals surface area (Å²) >= 11 is 12.9. The Hall–Kier alpha value is 0.410. The number of halogens is 9. The van der Waals surface area contributed by atoms with Gasteiger partial charge < -0.3 is 5.11 Å². The molecule has 0 rings (SSSR count). The first kappa shape index (κ1) is 14.4. The van der Waals surface area contributed by atoms with Crippen LogP contribution in [-0.4, -0.2) is 26.9 Å². The van der Waals surface area contributed by atoms with Gasteiger partial charge in [-0.05, 0) is 0 Å². The molecule has 0 aliphatic carbocycles. The summed E-state index contributed by atoms with van der Waals surface area (Å²) in [4.78, 5) is -5.13. The van der Waals surface area contributed by atoms with Gasteiger partial charge in [-0.15, -0.1) is 0 Å². The van der Waals surface area contributed by atoms with Gasteiger partial charge in [0.25, 0.3) is 9.39 Å². The van der Waals surface area contributed by atoms with Crippen LogP contribution in [0.5, 0.6) is 0 Å². The van der Waals surface area contributed by atoms with Crippen LogP contribution in [-0.2, 0) is 0 Å². The van der Waals surface area contributed by atoms with E-state index in [4.69, 9.17) is 5.11 Å². The van der Waals surface area contributed by atoms with Gasteiger partial charge in [0.2, 0.25) is 0 Å². The monoisotopic (exact) mass is 284 g/mol. The molecule has 0 aliphatic heterocycles. The normalized spacial score (nSPS) is 15.9. The Labute approximate surface area is 88.5 Å². The second kappa shape index (κ2) is 3.47. The highest BCUT2D eigenvalue weighted by Gasteiger charge is 2.79. The molecule has 0 heterocycles. The predicted octanol–water partition coefficient (Wildman–Crippen LogP) is 3.21. The topological polar surface area (TPSA) is 20.2 Å². The molecule has 0 unspecified atom stereocenters. The molecule has 10 heteroatoms. The summed E-state index contributed by atoms with van der Waals surface area (Å²) in [7, 11) is 0. The van der Waals surface area contributed by atoms with E-state index in [0.717, 1.165) is 0 Å². The molecule has 0 saturated heterocycles. The zero-order valence-electron chi connectivity index (χ0n) is 5.85. The van der Waals surface area contributed by atoms with Crippen molar-refractivity contribution in [3.63, 3.8) is 0 Å². The maximum absolute atomic E-state index is 11.9. The molecule has 0 aromatic rings. The lowest BCUT2D eigenvalue weighted by Gasteiger charge is -2.36. The van der Waals surface area contributed by atoms with E-state index in [1.807, 2.05) is 0 Å². The fraction of sp³-hybridized carbons (Fsp3) is 1.00. The average molecular weight is 285 g/mol. The SMILES string of the molecule is OC(Cl)(Cl)C(Cl)(C(F)(F)F)C(F)(F)F. The predicted molar refractivity (Wildman–Crippen MR) is 37.3 cm³/mol. The van der Waals surface area contributed by atoms with Gasteiger partial charge in [0, 0.05) is 0 Å². The molecule has 86 valence electrons. The van der Waals surface area contributed by atoms with Crippen molar-refractivity contribution in [1.29, 1.82) is 0 Å². The van der Waals surface area contributed by atoms with E-state index in [1.54, 1.807) is 0 Å². The highest BCUT2D eigenvalue weighted by Crippen LogP contribution is 2.56. The summed E-state index contributed by atoms with van der Waals surface area (Å²) in [6.07, 6.45) is -12.1. The molecule has 0 spiro atoms. The number of rotatable bonds is 1. The number of alkyl halides is 9. The minimum atomic E-state index is -6.05. The lowest BCUT2D eigenvalue weighted by molar-refractivity contribution is -0.285. The minimum absolute atomic E-state index is 4.20. The van der Waals surface area contributed by atoms with Crippen LogP contribution in [0.1, 0.15) is 0 Å². The molecular formula is C4HCl3F6O. The van der Waals surface area contributed by atoms with Crippen LogP contribution >= 0.6 is 34.8 Å². The second-order valence-electron chi connectivity index (χ2n) is 2.20. The molecule has 0 atom stereocenters. The standard InChI is InChI=1S/C4HCl3F6O/c5-1(2(6,7)14,3(8,9)10)4(11,12)13/h14H. The van der Waals surface area contributed by atoms with Gasteiger partial charge in [-0.3, -0.25) is 0 Å². The maximum Gasteiger partial charge on any atom is 0.422 e. The molecule has 0 bridgehead atoms. The van der Waals surface area contributed by atoms with Crippen molar-refractivity contribution in [2.24, 2.45) is 0 Å². The lowest BCUT2D eigenvalue weighted by atomic mass is 10.1. The summed E-state index contributed by atoms with van der Waals surface area (Å²) in [6, 6.07) is 0. The van der Waals surface area contributed by atoms with Crippen molar-refractivity contribution < 1.29 is 31.4 Å². The third-order valence-corrected chi connectivity index (χ3v) is 2.66. The van der Waals surface area contributed by atoms with E-state index >= 15 is 0 Å². The van der Waals surface area contributed by atoms with Crippen molar-refractivity contribution >= 4 is 34.8 Å². The molecule has 14 heavy (non-hydrogen) atoms. The van der Waals surface area contributed by atoms with Gasteiger partial charge in [-0.1, -0.05) is 34.8 Å². The zero-order valence-corrected chi connectivity index (χ0v) is 8.12. The van der Waals surface area contributed by atoms with Gasteiger partial charge in [0.05, 0.1) is 0 Å². The quantitative estimate of drug-likeness (QED) is 0.579. The van der Waals surface area contributed by atoms with Gasteiger partial charge >= 0.3 is 12.4 Å². The molecule has 0 radical (unpaired) electrons. The van der Waals surface area contributed by atoms with E-state index in [-0.39, 0.29) is 0 Å². The van der Waals surface area contributed by atoms with E-state index < -0.39 is 21.7 Å². The van der Waals surface area contributed by atoms with Gasteiger partial charge in [-0.25, -0.2) is 0 Å². The molecule has 1 N–H and O–H groups in total. The van der Waals surface area contributed by atoms with E-state index in [0.29, 0.717) is 0 Å². The van der Waals surface area contributed by atoms with Crippen LogP contribution in [0.25, 0.3) is 0 Å². The van der Waals surface area contributed by atoms with Gasteiger partial charge in [0.15, 0.2) is 0 Å². The van der Waals surface area contributed by atoms with Gasteiger partial charge in [-0.2, -0.15) is 26.3 Å². The Kier molecular flexibility index (Phi) is 3.57. The molecular weight excluding hydrogens is 284 g/mol. The molecule has 0 saturated carbocycles.